The second-order valence-corrected chi connectivity index (χ2v) is 5.57. The van der Waals surface area contributed by atoms with Gasteiger partial charge in [-0.05, 0) is 54.7 Å². The van der Waals surface area contributed by atoms with E-state index < -0.39 is 6.10 Å². The van der Waals surface area contributed by atoms with Crippen molar-refractivity contribution in [2.24, 2.45) is 0 Å². The molecule has 0 saturated carbocycles. The van der Waals surface area contributed by atoms with Crippen LogP contribution in [0.4, 0.5) is 0 Å². The lowest BCUT2D eigenvalue weighted by Crippen LogP contribution is -2.04. The van der Waals surface area contributed by atoms with Crippen LogP contribution in [0, 0.1) is 20.8 Å². The van der Waals surface area contributed by atoms with Crippen LogP contribution < -0.4 is 0 Å². The smallest absolute Gasteiger partial charge is 0.105 e. The topological polar surface area (TPSA) is 20.2 Å². The molecule has 2 rings (SSSR count). The Morgan fingerprint density at radius 2 is 1.50 bits per heavy atom. The third-order valence-electron chi connectivity index (χ3n) is 3.38. The average Bonchev–Trinajstić information content (AvgIpc) is 2.33. The van der Waals surface area contributed by atoms with Gasteiger partial charge in [-0.25, -0.2) is 0 Å². The molecule has 2 aromatic rings. The number of benzene rings is 2. The van der Waals surface area contributed by atoms with E-state index in [1.807, 2.05) is 31.2 Å². The molecule has 0 heterocycles. The minimum Gasteiger partial charge on any atom is -0.384 e. The lowest BCUT2D eigenvalue weighted by Gasteiger charge is -2.17. The Balaban J connectivity index is 2.50. The fourth-order valence-electron chi connectivity index (χ4n) is 2.14. The third-order valence-corrected chi connectivity index (χ3v) is 4.10. The van der Waals surface area contributed by atoms with Crippen molar-refractivity contribution in [1.82, 2.24) is 0 Å². The summed E-state index contributed by atoms with van der Waals surface area (Å²) < 4.78 is 0.940. The molecule has 0 unspecified atom stereocenters. The molecule has 0 amide bonds. The summed E-state index contributed by atoms with van der Waals surface area (Å²) in [5.74, 6) is 0. The Bertz CT molecular complexity index is 575. The molecule has 2 heteroatoms. The van der Waals surface area contributed by atoms with Gasteiger partial charge >= 0.3 is 0 Å². The van der Waals surface area contributed by atoms with Gasteiger partial charge in [-0.1, -0.05) is 46.3 Å². The van der Waals surface area contributed by atoms with Crippen LogP contribution in [0.5, 0.6) is 0 Å². The van der Waals surface area contributed by atoms with E-state index in [-0.39, 0.29) is 0 Å². The lowest BCUT2D eigenvalue weighted by molar-refractivity contribution is 0.218. The van der Waals surface area contributed by atoms with Crippen molar-refractivity contribution in [3.63, 3.8) is 0 Å². The summed E-state index contributed by atoms with van der Waals surface area (Å²) in [5.41, 5.74) is 5.48. The SMILES string of the molecule is Cc1cc(C)c([C@H](O)c2ccccc2Br)cc1C. The Labute approximate surface area is 117 Å². The summed E-state index contributed by atoms with van der Waals surface area (Å²) in [6.45, 7) is 6.21. The zero-order chi connectivity index (χ0) is 13.3. The summed E-state index contributed by atoms with van der Waals surface area (Å²) in [4.78, 5) is 0. The Morgan fingerprint density at radius 1 is 0.889 bits per heavy atom. The van der Waals surface area contributed by atoms with Crippen LogP contribution in [0.3, 0.4) is 0 Å². The molecule has 0 fully saturated rings. The first-order valence-corrected chi connectivity index (χ1v) is 6.80. The van der Waals surface area contributed by atoms with Gasteiger partial charge in [-0.3, -0.25) is 0 Å². The van der Waals surface area contributed by atoms with E-state index >= 15 is 0 Å². The van der Waals surface area contributed by atoms with E-state index in [1.54, 1.807) is 0 Å². The Kier molecular flexibility index (Phi) is 3.88. The number of aryl methyl sites for hydroxylation is 3. The third kappa shape index (κ3) is 2.50. The zero-order valence-electron chi connectivity index (χ0n) is 10.9. The Hall–Kier alpha value is -1.12. The standard InChI is InChI=1S/C16H17BrO/c1-10-8-12(3)14(9-11(10)2)16(18)13-6-4-5-7-15(13)17/h4-9,16,18H,1-3H3/t16-/m1/s1. The highest BCUT2D eigenvalue weighted by Crippen LogP contribution is 2.31. The number of hydrogen-bond acceptors (Lipinski definition) is 1. The lowest BCUT2D eigenvalue weighted by atomic mass is 9.94. The predicted octanol–water partition coefficient (Wildman–Crippen LogP) is 4.46. The van der Waals surface area contributed by atoms with Crippen molar-refractivity contribution in [3.8, 4) is 0 Å². The highest BCUT2D eigenvalue weighted by molar-refractivity contribution is 9.10. The molecule has 2 aromatic carbocycles. The maximum Gasteiger partial charge on any atom is 0.105 e. The average molecular weight is 305 g/mol. The molecule has 18 heavy (non-hydrogen) atoms. The van der Waals surface area contributed by atoms with Gasteiger partial charge in [-0.15, -0.1) is 0 Å². The van der Waals surface area contributed by atoms with E-state index in [1.165, 1.54) is 11.1 Å². The summed E-state index contributed by atoms with van der Waals surface area (Å²) in [5, 5.41) is 10.5. The van der Waals surface area contributed by atoms with Gasteiger partial charge in [-0.2, -0.15) is 0 Å². The van der Waals surface area contributed by atoms with Gasteiger partial charge in [0.15, 0.2) is 0 Å². The molecule has 0 radical (unpaired) electrons. The molecule has 0 bridgehead atoms. The monoisotopic (exact) mass is 304 g/mol. The minimum absolute atomic E-state index is 0.583. The van der Waals surface area contributed by atoms with Gasteiger partial charge in [0.1, 0.15) is 6.10 Å². The molecular formula is C16H17BrO. The molecule has 1 atom stereocenters. The first-order valence-electron chi connectivity index (χ1n) is 6.01. The molecule has 0 aliphatic heterocycles. The van der Waals surface area contributed by atoms with Gasteiger partial charge in [0.05, 0.1) is 0 Å². The number of hydrogen-bond donors (Lipinski definition) is 1. The van der Waals surface area contributed by atoms with Crippen LogP contribution in [-0.4, -0.2) is 5.11 Å². The molecule has 0 saturated heterocycles. The van der Waals surface area contributed by atoms with Crippen LogP contribution in [0.2, 0.25) is 0 Å². The maximum absolute atomic E-state index is 10.5. The molecule has 0 aliphatic rings. The summed E-state index contributed by atoms with van der Waals surface area (Å²) in [6, 6.07) is 12.0. The second-order valence-electron chi connectivity index (χ2n) is 4.72. The first-order chi connectivity index (χ1) is 8.50. The van der Waals surface area contributed by atoms with Gasteiger partial charge in [0.25, 0.3) is 0 Å². The van der Waals surface area contributed by atoms with E-state index in [4.69, 9.17) is 0 Å². The summed E-state index contributed by atoms with van der Waals surface area (Å²) in [7, 11) is 0. The quantitative estimate of drug-likeness (QED) is 0.868. The molecule has 1 nitrogen and oxygen atoms in total. The van der Waals surface area contributed by atoms with Crippen LogP contribution >= 0.6 is 15.9 Å². The minimum atomic E-state index is -0.583. The van der Waals surface area contributed by atoms with Crippen LogP contribution in [-0.2, 0) is 0 Å². The van der Waals surface area contributed by atoms with E-state index in [0.717, 1.165) is 21.2 Å². The van der Waals surface area contributed by atoms with Gasteiger partial charge in [0.2, 0.25) is 0 Å². The van der Waals surface area contributed by atoms with Crippen LogP contribution in [0.25, 0.3) is 0 Å². The molecule has 0 spiro atoms. The molecule has 1 N–H and O–H groups in total. The highest BCUT2D eigenvalue weighted by Gasteiger charge is 2.16. The first kappa shape index (κ1) is 13.3. The fourth-order valence-corrected chi connectivity index (χ4v) is 2.64. The molecule has 0 aromatic heterocycles. The van der Waals surface area contributed by atoms with Gasteiger partial charge in [0, 0.05) is 4.47 Å². The van der Waals surface area contributed by atoms with Crippen molar-refractivity contribution in [2.75, 3.05) is 0 Å². The summed E-state index contributed by atoms with van der Waals surface area (Å²) in [6.07, 6.45) is -0.583. The largest absolute Gasteiger partial charge is 0.384 e. The van der Waals surface area contributed by atoms with Crippen LogP contribution in [0.1, 0.15) is 33.9 Å². The Morgan fingerprint density at radius 3 is 2.17 bits per heavy atom. The van der Waals surface area contributed by atoms with Crippen molar-refractivity contribution in [2.45, 2.75) is 26.9 Å². The highest BCUT2D eigenvalue weighted by atomic mass is 79.9. The zero-order valence-corrected chi connectivity index (χ0v) is 12.5. The van der Waals surface area contributed by atoms with Crippen molar-refractivity contribution in [3.05, 3.63) is 68.7 Å². The second kappa shape index (κ2) is 5.25. The van der Waals surface area contributed by atoms with Crippen molar-refractivity contribution >= 4 is 15.9 Å². The number of halogens is 1. The molecule has 0 aliphatic carbocycles. The van der Waals surface area contributed by atoms with Crippen LogP contribution in [0.15, 0.2) is 40.9 Å². The van der Waals surface area contributed by atoms with Crippen molar-refractivity contribution < 1.29 is 5.11 Å². The van der Waals surface area contributed by atoms with Gasteiger partial charge < -0.3 is 5.11 Å². The maximum atomic E-state index is 10.5. The number of rotatable bonds is 2. The fraction of sp³-hybridized carbons (Fsp3) is 0.250. The van der Waals surface area contributed by atoms with Crippen molar-refractivity contribution in [1.29, 1.82) is 0 Å². The normalized spacial score (nSPS) is 12.5. The number of aliphatic hydroxyl groups excluding tert-OH is 1. The molecular weight excluding hydrogens is 288 g/mol. The molecule has 94 valence electrons. The van der Waals surface area contributed by atoms with E-state index in [9.17, 15) is 5.11 Å². The van der Waals surface area contributed by atoms with E-state index in [0.29, 0.717) is 0 Å². The summed E-state index contributed by atoms with van der Waals surface area (Å²) >= 11 is 3.49. The van der Waals surface area contributed by atoms with E-state index in [2.05, 4.69) is 41.9 Å². The number of aliphatic hydroxyl groups is 1. The predicted molar refractivity (Wildman–Crippen MR) is 78.9 cm³/mol.